The molecule has 0 heterocycles. The summed E-state index contributed by atoms with van der Waals surface area (Å²) in [6, 6.07) is 8.71. The molecule has 3 nitrogen and oxygen atoms in total. The lowest BCUT2D eigenvalue weighted by Gasteiger charge is -2.09. The number of amides is 1. The molecule has 0 fully saturated rings. The van der Waals surface area contributed by atoms with Crippen LogP contribution in [0.25, 0.3) is 0 Å². The number of rotatable bonds is 2. The van der Waals surface area contributed by atoms with Crippen molar-refractivity contribution in [3.63, 3.8) is 0 Å². The van der Waals surface area contributed by atoms with Gasteiger partial charge in [0.25, 0.3) is 0 Å². The quantitative estimate of drug-likeness (QED) is 0.744. The Balaban J connectivity index is 0.00000144. The minimum absolute atomic E-state index is 0. The summed E-state index contributed by atoms with van der Waals surface area (Å²) in [7, 11) is 1.57. The molecule has 0 saturated carbocycles. The first-order valence-corrected chi connectivity index (χ1v) is 3.78. The molecule has 1 atom stereocenters. The number of nitrogens with one attached hydrogen (secondary N) is 1. The zero-order valence-electron chi connectivity index (χ0n) is 7.36. The summed E-state index contributed by atoms with van der Waals surface area (Å²) in [5, 5.41) is 2.50. The fourth-order valence-corrected chi connectivity index (χ4v) is 0.967. The number of halogens is 1. The summed E-state index contributed by atoms with van der Waals surface area (Å²) in [4.78, 5) is 11.1. The van der Waals surface area contributed by atoms with Gasteiger partial charge in [-0.1, -0.05) is 30.3 Å². The molecular formula is C9H13ClN2O. The van der Waals surface area contributed by atoms with Crippen LogP contribution in [-0.2, 0) is 4.79 Å². The minimum atomic E-state index is -0.559. The van der Waals surface area contributed by atoms with Crippen molar-refractivity contribution < 1.29 is 4.79 Å². The third-order valence-corrected chi connectivity index (χ3v) is 1.69. The SMILES string of the molecule is CNC(=O)[C@H](N)c1ccccc1.Cl. The van der Waals surface area contributed by atoms with Crippen molar-refractivity contribution >= 4 is 18.3 Å². The Morgan fingerprint density at radius 1 is 1.38 bits per heavy atom. The summed E-state index contributed by atoms with van der Waals surface area (Å²) in [5.74, 6) is -0.166. The van der Waals surface area contributed by atoms with E-state index in [9.17, 15) is 4.79 Å². The molecule has 1 aromatic carbocycles. The lowest BCUT2D eigenvalue weighted by atomic mass is 10.1. The smallest absolute Gasteiger partial charge is 0.241 e. The molecule has 0 unspecified atom stereocenters. The third-order valence-electron chi connectivity index (χ3n) is 1.69. The Morgan fingerprint density at radius 2 is 1.92 bits per heavy atom. The normalized spacial score (nSPS) is 11.2. The van der Waals surface area contributed by atoms with Crippen LogP contribution in [-0.4, -0.2) is 13.0 Å². The van der Waals surface area contributed by atoms with Crippen LogP contribution in [0, 0.1) is 0 Å². The fourth-order valence-electron chi connectivity index (χ4n) is 0.967. The number of nitrogens with two attached hydrogens (primary N) is 1. The molecule has 0 aliphatic rings. The van der Waals surface area contributed by atoms with Gasteiger partial charge in [-0.25, -0.2) is 0 Å². The predicted octanol–water partition coefficient (Wildman–Crippen LogP) is 0.854. The van der Waals surface area contributed by atoms with Crippen LogP contribution >= 0.6 is 12.4 Å². The van der Waals surface area contributed by atoms with Crippen LogP contribution in [0.1, 0.15) is 11.6 Å². The van der Waals surface area contributed by atoms with Crippen molar-refractivity contribution in [2.75, 3.05) is 7.05 Å². The second-order valence-electron chi connectivity index (χ2n) is 2.50. The summed E-state index contributed by atoms with van der Waals surface area (Å²) in [5.41, 5.74) is 6.47. The van der Waals surface area contributed by atoms with Gasteiger partial charge in [0.1, 0.15) is 6.04 Å². The largest absolute Gasteiger partial charge is 0.358 e. The van der Waals surface area contributed by atoms with Gasteiger partial charge in [0.2, 0.25) is 5.91 Å². The standard InChI is InChI=1S/C9H12N2O.ClH/c1-11-9(12)8(10)7-5-3-2-4-6-7;/h2-6,8H,10H2,1H3,(H,11,12);1H/t8-;/m1./s1. The Labute approximate surface area is 83.7 Å². The van der Waals surface area contributed by atoms with E-state index in [0.717, 1.165) is 5.56 Å². The van der Waals surface area contributed by atoms with Gasteiger partial charge in [-0.15, -0.1) is 12.4 Å². The van der Waals surface area contributed by atoms with E-state index in [1.807, 2.05) is 30.3 Å². The highest BCUT2D eigenvalue weighted by Gasteiger charge is 2.12. The first-order valence-electron chi connectivity index (χ1n) is 3.78. The summed E-state index contributed by atoms with van der Waals surface area (Å²) in [6.45, 7) is 0. The average Bonchev–Trinajstić information content (AvgIpc) is 2.17. The number of likely N-dealkylation sites (N-methyl/N-ethyl adjacent to an activating group) is 1. The van der Waals surface area contributed by atoms with Crippen molar-refractivity contribution in [3.05, 3.63) is 35.9 Å². The maximum atomic E-state index is 11.1. The Hall–Kier alpha value is -1.06. The third kappa shape index (κ3) is 3.05. The second kappa shape index (κ2) is 5.56. The first kappa shape index (κ1) is 11.9. The average molecular weight is 201 g/mol. The van der Waals surface area contributed by atoms with Crippen molar-refractivity contribution in [1.29, 1.82) is 0 Å². The molecule has 0 aliphatic heterocycles. The van der Waals surface area contributed by atoms with Crippen molar-refractivity contribution in [2.24, 2.45) is 5.73 Å². The molecule has 0 aliphatic carbocycles. The lowest BCUT2D eigenvalue weighted by molar-refractivity contribution is -0.121. The van der Waals surface area contributed by atoms with Crippen LogP contribution in [0.3, 0.4) is 0 Å². The topological polar surface area (TPSA) is 55.1 Å². The molecule has 1 amide bonds. The van der Waals surface area contributed by atoms with E-state index >= 15 is 0 Å². The maximum absolute atomic E-state index is 11.1. The monoisotopic (exact) mass is 200 g/mol. The number of hydrogen-bond donors (Lipinski definition) is 2. The molecule has 3 N–H and O–H groups in total. The summed E-state index contributed by atoms with van der Waals surface area (Å²) < 4.78 is 0. The summed E-state index contributed by atoms with van der Waals surface area (Å²) in [6.07, 6.45) is 0. The minimum Gasteiger partial charge on any atom is -0.358 e. The van der Waals surface area contributed by atoms with E-state index < -0.39 is 6.04 Å². The van der Waals surface area contributed by atoms with Gasteiger partial charge in [0.05, 0.1) is 0 Å². The highest BCUT2D eigenvalue weighted by molar-refractivity contribution is 5.85. The van der Waals surface area contributed by atoms with Crippen LogP contribution in [0.2, 0.25) is 0 Å². The zero-order chi connectivity index (χ0) is 8.97. The number of benzene rings is 1. The number of hydrogen-bond acceptors (Lipinski definition) is 2. The number of carbonyl (C=O) groups is 1. The first-order chi connectivity index (χ1) is 5.75. The second-order valence-corrected chi connectivity index (χ2v) is 2.50. The highest BCUT2D eigenvalue weighted by atomic mass is 35.5. The van der Waals surface area contributed by atoms with Gasteiger partial charge < -0.3 is 11.1 Å². The number of carbonyl (C=O) groups excluding carboxylic acids is 1. The van der Waals surface area contributed by atoms with Gasteiger partial charge in [-0.05, 0) is 5.56 Å². The van der Waals surface area contributed by atoms with E-state index in [2.05, 4.69) is 5.32 Å². The molecule has 0 radical (unpaired) electrons. The Morgan fingerprint density at radius 3 is 2.38 bits per heavy atom. The van der Waals surface area contributed by atoms with Crippen LogP contribution < -0.4 is 11.1 Å². The Bertz CT molecular complexity index is 264. The van der Waals surface area contributed by atoms with Crippen LogP contribution in [0.15, 0.2) is 30.3 Å². The molecule has 0 bridgehead atoms. The predicted molar refractivity (Wildman–Crippen MR) is 54.7 cm³/mol. The van der Waals surface area contributed by atoms with Crippen LogP contribution in [0.4, 0.5) is 0 Å². The van der Waals surface area contributed by atoms with E-state index in [-0.39, 0.29) is 18.3 Å². The highest BCUT2D eigenvalue weighted by Crippen LogP contribution is 2.08. The molecule has 4 heteroatoms. The van der Waals surface area contributed by atoms with Gasteiger partial charge in [-0.3, -0.25) is 4.79 Å². The van der Waals surface area contributed by atoms with Crippen molar-refractivity contribution in [2.45, 2.75) is 6.04 Å². The molecule has 0 spiro atoms. The molecule has 72 valence electrons. The van der Waals surface area contributed by atoms with Gasteiger partial charge in [-0.2, -0.15) is 0 Å². The fraction of sp³-hybridized carbons (Fsp3) is 0.222. The molecule has 13 heavy (non-hydrogen) atoms. The van der Waals surface area contributed by atoms with E-state index in [1.165, 1.54) is 0 Å². The molecular weight excluding hydrogens is 188 g/mol. The van der Waals surface area contributed by atoms with Gasteiger partial charge in [0, 0.05) is 7.05 Å². The lowest BCUT2D eigenvalue weighted by Crippen LogP contribution is -2.31. The van der Waals surface area contributed by atoms with E-state index in [4.69, 9.17) is 5.73 Å². The molecule has 1 aromatic rings. The molecule has 0 aromatic heterocycles. The van der Waals surface area contributed by atoms with E-state index in [1.54, 1.807) is 7.05 Å². The molecule has 1 rings (SSSR count). The van der Waals surface area contributed by atoms with Gasteiger partial charge in [0.15, 0.2) is 0 Å². The van der Waals surface area contributed by atoms with Gasteiger partial charge >= 0.3 is 0 Å². The maximum Gasteiger partial charge on any atom is 0.241 e. The van der Waals surface area contributed by atoms with Crippen molar-refractivity contribution in [3.8, 4) is 0 Å². The summed E-state index contributed by atoms with van der Waals surface area (Å²) >= 11 is 0. The van der Waals surface area contributed by atoms with Crippen LogP contribution in [0.5, 0.6) is 0 Å². The van der Waals surface area contributed by atoms with Crippen molar-refractivity contribution in [1.82, 2.24) is 5.32 Å². The molecule has 0 saturated heterocycles. The zero-order valence-corrected chi connectivity index (χ0v) is 8.17. The Kier molecular flexibility index (Phi) is 5.11. The van der Waals surface area contributed by atoms with E-state index in [0.29, 0.717) is 0 Å².